The normalized spacial score (nSPS) is 32.0. The largest absolute Gasteiger partial charge is 0.468 e. The van der Waals surface area contributed by atoms with Crippen molar-refractivity contribution in [3.05, 3.63) is 0 Å². The molecule has 1 N–H and O–H groups in total. The molecule has 2 rings (SSSR count). The summed E-state index contributed by atoms with van der Waals surface area (Å²) in [6.45, 7) is 4.69. The molecule has 0 aromatic carbocycles. The average molecular weight is 296 g/mol. The van der Waals surface area contributed by atoms with Gasteiger partial charge in [0, 0.05) is 6.04 Å². The van der Waals surface area contributed by atoms with Gasteiger partial charge in [-0.25, -0.2) is 0 Å². The lowest BCUT2D eigenvalue weighted by Gasteiger charge is -2.45. The summed E-state index contributed by atoms with van der Waals surface area (Å²) < 4.78 is 5.05. The van der Waals surface area contributed by atoms with Gasteiger partial charge in [-0.3, -0.25) is 4.79 Å². The molecule has 2 aliphatic rings. The summed E-state index contributed by atoms with van der Waals surface area (Å²) >= 11 is 0. The van der Waals surface area contributed by atoms with Gasteiger partial charge in [0.15, 0.2) is 0 Å². The van der Waals surface area contributed by atoms with Gasteiger partial charge in [0.2, 0.25) is 0 Å². The Kier molecular flexibility index (Phi) is 6.06. The number of piperidine rings is 1. The number of hydrogen-bond acceptors (Lipinski definition) is 4. The van der Waals surface area contributed by atoms with Crippen molar-refractivity contribution in [1.29, 1.82) is 0 Å². The van der Waals surface area contributed by atoms with E-state index in [1.807, 2.05) is 7.05 Å². The van der Waals surface area contributed by atoms with E-state index in [1.165, 1.54) is 52.3 Å². The summed E-state index contributed by atoms with van der Waals surface area (Å²) in [5.41, 5.74) is -0.460. The zero-order valence-corrected chi connectivity index (χ0v) is 14.0. The minimum atomic E-state index is -0.460. The number of carbonyl (C=O) groups excluding carboxylic acids is 1. The van der Waals surface area contributed by atoms with Gasteiger partial charge >= 0.3 is 5.97 Å². The molecule has 0 aromatic rings. The van der Waals surface area contributed by atoms with E-state index in [-0.39, 0.29) is 5.97 Å². The molecule has 122 valence electrons. The number of nitrogens with zero attached hydrogens (tertiary/aromatic N) is 1. The zero-order chi connectivity index (χ0) is 15.3. The highest BCUT2D eigenvalue weighted by atomic mass is 16.5. The molecule has 4 heteroatoms. The van der Waals surface area contributed by atoms with E-state index in [4.69, 9.17) is 4.74 Å². The lowest BCUT2D eigenvalue weighted by molar-refractivity contribution is -0.151. The molecular weight excluding hydrogens is 264 g/mol. The lowest BCUT2D eigenvalue weighted by atomic mass is 9.77. The minimum Gasteiger partial charge on any atom is -0.468 e. The predicted molar refractivity (Wildman–Crippen MR) is 85.3 cm³/mol. The van der Waals surface area contributed by atoms with Crippen LogP contribution < -0.4 is 5.32 Å². The third-order valence-electron chi connectivity index (χ3n) is 5.64. The first-order valence-corrected chi connectivity index (χ1v) is 8.66. The molecule has 1 saturated carbocycles. The predicted octanol–water partition coefficient (Wildman–Crippen LogP) is 2.57. The molecular formula is C17H32N2O2. The molecule has 1 aliphatic heterocycles. The number of ether oxygens (including phenoxy) is 1. The fraction of sp³-hybridized carbons (Fsp3) is 0.941. The van der Waals surface area contributed by atoms with Crippen LogP contribution in [0.5, 0.6) is 0 Å². The van der Waals surface area contributed by atoms with E-state index in [0.29, 0.717) is 6.04 Å². The van der Waals surface area contributed by atoms with Crippen LogP contribution in [0.3, 0.4) is 0 Å². The smallest absolute Gasteiger partial charge is 0.326 e. The second kappa shape index (κ2) is 7.59. The molecule has 4 nitrogen and oxygen atoms in total. The number of rotatable bonds is 5. The van der Waals surface area contributed by atoms with Gasteiger partial charge in [0.25, 0.3) is 0 Å². The molecule has 2 atom stereocenters. The van der Waals surface area contributed by atoms with E-state index in [1.54, 1.807) is 0 Å². The number of esters is 1. The van der Waals surface area contributed by atoms with E-state index < -0.39 is 5.54 Å². The highest BCUT2D eigenvalue weighted by Crippen LogP contribution is 2.34. The number of likely N-dealkylation sites (N-methyl/N-ethyl adjacent to an activating group) is 1. The fourth-order valence-corrected chi connectivity index (χ4v) is 4.28. The second-order valence-electron chi connectivity index (χ2n) is 6.84. The molecule has 2 fully saturated rings. The standard InChI is InChI=1S/C17H32N2O2/c1-4-6-14-8-11-19(12-9-14)15-7-5-10-17(13-15,18-2)16(20)21-3/h14-15,18H,4-13H2,1-3H3. The Morgan fingerprint density at radius 1 is 1.33 bits per heavy atom. The lowest BCUT2D eigenvalue weighted by Crippen LogP contribution is -2.58. The molecule has 0 spiro atoms. The van der Waals surface area contributed by atoms with Crippen molar-refractivity contribution in [3.63, 3.8) is 0 Å². The van der Waals surface area contributed by atoms with Gasteiger partial charge in [0.05, 0.1) is 7.11 Å². The van der Waals surface area contributed by atoms with Crippen LogP contribution in [0.1, 0.15) is 58.3 Å². The van der Waals surface area contributed by atoms with Crippen LogP contribution in [-0.2, 0) is 9.53 Å². The first-order chi connectivity index (χ1) is 10.1. The van der Waals surface area contributed by atoms with Crippen LogP contribution in [0.2, 0.25) is 0 Å². The molecule has 1 saturated heterocycles. The topological polar surface area (TPSA) is 41.6 Å². The van der Waals surface area contributed by atoms with Crippen LogP contribution in [0.4, 0.5) is 0 Å². The molecule has 1 aliphatic carbocycles. The Hall–Kier alpha value is -0.610. The van der Waals surface area contributed by atoms with Gasteiger partial charge in [-0.05, 0) is 64.6 Å². The molecule has 0 radical (unpaired) electrons. The fourth-order valence-electron chi connectivity index (χ4n) is 4.28. The SMILES string of the molecule is CCCC1CCN(C2CCCC(NC)(C(=O)OC)C2)CC1. The van der Waals surface area contributed by atoms with Gasteiger partial charge in [-0.15, -0.1) is 0 Å². The molecule has 1 heterocycles. The summed E-state index contributed by atoms with van der Waals surface area (Å²) in [6.07, 6.45) is 9.46. The summed E-state index contributed by atoms with van der Waals surface area (Å²) in [7, 11) is 3.40. The van der Waals surface area contributed by atoms with E-state index in [2.05, 4.69) is 17.1 Å². The monoisotopic (exact) mass is 296 g/mol. The van der Waals surface area contributed by atoms with Crippen molar-refractivity contribution < 1.29 is 9.53 Å². The van der Waals surface area contributed by atoms with E-state index in [9.17, 15) is 4.79 Å². The molecule has 0 amide bonds. The highest BCUT2D eigenvalue weighted by molar-refractivity contribution is 5.81. The Labute approximate surface area is 129 Å². The maximum Gasteiger partial charge on any atom is 0.326 e. The molecule has 0 bridgehead atoms. The molecule has 0 aromatic heterocycles. The van der Waals surface area contributed by atoms with Crippen LogP contribution >= 0.6 is 0 Å². The maximum absolute atomic E-state index is 12.2. The van der Waals surface area contributed by atoms with Crippen molar-refractivity contribution in [2.45, 2.75) is 69.9 Å². The molecule has 2 unspecified atom stereocenters. The van der Waals surface area contributed by atoms with Gasteiger partial charge in [-0.1, -0.05) is 19.8 Å². The zero-order valence-electron chi connectivity index (χ0n) is 14.0. The van der Waals surface area contributed by atoms with Crippen molar-refractivity contribution >= 4 is 5.97 Å². The first kappa shape index (κ1) is 16.8. The van der Waals surface area contributed by atoms with Gasteiger partial charge in [0.1, 0.15) is 5.54 Å². The third-order valence-corrected chi connectivity index (χ3v) is 5.64. The number of hydrogen-bond donors (Lipinski definition) is 1. The van der Waals surface area contributed by atoms with Crippen molar-refractivity contribution in [2.75, 3.05) is 27.2 Å². The van der Waals surface area contributed by atoms with Gasteiger partial charge in [-0.2, -0.15) is 0 Å². The third kappa shape index (κ3) is 3.78. The summed E-state index contributed by atoms with van der Waals surface area (Å²) in [6, 6.07) is 0.535. The van der Waals surface area contributed by atoms with Crippen LogP contribution in [0.15, 0.2) is 0 Å². The number of carbonyl (C=O) groups is 1. The highest BCUT2D eigenvalue weighted by Gasteiger charge is 2.44. The van der Waals surface area contributed by atoms with E-state index >= 15 is 0 Å². The number of nitrogens with one attached hydrogen (secondary N) is 1. The summed E-state index contributed by atoms with van der Waals surface area (Å²) in [5.74, 6) is 0.833. The molecule has 21 heavy (non-hydrogen) atoms. The average Bonchev–Trinajstić information content (AvgIpc) is 2.55. The van der Waals surface area contributed by atoms with Crippen LogP contribution in [0.25, 0.3) is 0 Å². The second-order valence-corrected chi connectivity index (χ2v) is 6.84. The van der Waals surface area contributed by atoms with Crippen molar-refractivity contribution in [3.8, 4) is 0 Å². The van der Waals surface area contributed by atoms with Crippen molar-refractivity contribution in [1.82, 2.24) is 10.2 Å². The van der Waals surface area contributed by atoms with Gasteiger partial charge < -0.3 is 15.0 Å². The Morgan fingerprint density at radius 3 is 2.62 bits per heavy atom. The van der Waals surface area contributed by atoms with Crippen molar-refractivity contribution in [2.24, 2.45) is 5.92 Å². The minimum absolute atomic E-state index is 0.0874. The van der Waals surface area contributed by atoms with E-state index in [0.717, 1.165) is 25.2 Å². The quantitative estimate of drug-likeness (QED) is 0.792. The summed E-state index contributed by atoms with van der Waals surface area (Å²) in [5, 5.41) is 3.27. The number of likely N-dealkylation sites (tertiary alicyclic amines) is 1. The maximum atomic E-state index is 12.2. The summed E-state index contributed by atoms with van der Waals surface area (Å²) in [4.78, 5) is 14.8. The van der Waals surface area contributed by atoms with Crippen LogP contribution in [0, 0.1) is 5.92 Å². The number of methoxy groups -OCH3 is 1. The van der Waals surface area contributed by atoms with Crippen LogP contribution in [-0.4, -0.2) is 49.7 Å². The first-order valence-electron chi connectivity index (χ1n) is 8.66. The Bertz CT molecular complexity index is 340. The Balaban J connectivity index is 1.94. The Morgan fingerprint density at radius 2 is 2.05 bits per heavy atom.